The zero-order chi connectivity index (χ0) is 14.5. The van der Waals surface area contributed by atoms with Crippen LogP contribution in [0, 0.1) is 6.92 Å². The number of anilines is 1. The van der Waals surface area contributed by atoms with Crippen LogP contribution in [0.4, 0.5) is 5.69 Å². The van der Waals surface area contributed by atoms with Gasteiger partial charge in [0.05, 0.1) is 19.9 Å². The molecule has 0 aromatic heterocycles. The molecule has 0 saturated carbocycles. The number of aryl methyl sites for hydroxylation is 1. The Balaban J connectivity index is 2.18. The number of benzene rings is 2. The van der Waals surface area contributed by atoms with E-state index >= 15 is 0 Å². The number of hydrogen-bond donors (Lipinski definition) is 2. The van der Waals surface area contributed by atoms with Gasteiger partial charge in [0.2, 0.25) is 0 Å². The minimum atomic E-state index is 0.241. The average Bonchev–Trinajstić information content (AvgIpc) is 2.46. The Morgan fingerprint density at radius 1 is 1.05 bits per heavy atom. The lowest BCUT2D eigenvalue weighted by molar-refractivity contribution is 0.410. The highest BCUT2D eigenvalue weighted by molar-refractivity contribution is 5.58. The predicted molar refractivity (Wildman–Crippen MR) is 79.7 cm³/mol. The first-order chi connectivity index (χ1) is 9.63. The molecule has 2 aromatic carbocycles. The van der Waals surface area contributed by atoms with E-state index in [0.717, 1.165) is 28.3 Å². The van der Waals surface area contributed by atoms with Crippen molar-refractivity contribution in [2.75, 3.05) is 19.5 Å². The van der Waals surface area contributed by atoms with Gasteiger partial charge < -0.3 is 19.9 Å². The van der Waals surface area contributed by atoms with Crippen molar-refractivity contribution in [1.82, 2.24) is 0 Å². The number of phenols is 1. The van der Waals surface area contributed by atoms with Crippen molar-refractivity contribution < 1.29 is 14.6 Å². The maximum atomic E-state index is 9.86. The molecular formula is C16H19NO3. The second-order valence-corrected chi connectivity index (χ2v) is 4.55. The second-order valence-electron chi connectivity index (χ2n) is 4.55. The summed E-state index contributed by atoms with van der Waals surface area (Å²) in [5.74, 6) is 1.73. The standard InChI is InChI=1S/C16H19NO3/c1-11-4-7-16(20-3)14(8-11)17-10-12-9-13(19-2)5-6-15(12)18/h4-9,17-18H,10H2,1-3H3. The third-order valence-corrected chi connectivity index (χ3v) is 3.11. The lowest BCUT2D eigenvalue weighted by atomic mass is 10.1. The average molecular weight is 273 g/mol. The lowest BCUT2D eigenvalue weighted by Gasteiger charge is -2.13. The Morgan fingerprint density at radius 3 is 2.55 bits per heavy atom. The molecule has 0 aliphatic carbocycles. The Labute approximate surface area is 119 Å². The summed E-state index contributed by atoms with van der Waals surface area (Å²) in [5, 5.41) is 13.1. The van der Waals surface area contributed by atoms with Crippen LogP contribution < -0.4 is 14.8 Å². The monoisotopic (exact) mass is 273 g/mol. The summed E-state index contributed by atoms with van der Waals surface area (Å²) in [7, 11) is 3.24. The molecule has 0 spiro atoms. The number of aromatic hydroxyl groups is 1. The second kappa shape index (κ2) is 6.19. The Bertz CT molecular complexity index is 596. The number of methoxy groups -OCH3 is 2. The molecule has 0 bridgehead atoms. The Hall–Kier alpha value is -2.36. The molecule has 2 N–H and O–H groups in total. The molecule has 106 valence electrons. The van der Waals surface area contributed by atoms with Gasteiger partial charge in [0, 0.05) is 12.1 Å². The van der Waals surface area contributed by atoms with Gasteiger partial charge >= 0.3 is 0 Å². The molecule has 0 unspecified atom stereocenters. The van der Waals surface area contributed by atoms with Gasteiger partial charge in [0.1, 0.15) is 17.2 Å². The van der Waals surface area contributed by atoms with Crippen LogP contribution in [0.2, 0.25) is 0 Å². The molecule has 4 nitrogen and oxygen atoms in total. The first kappa shape index (κ1) is 14.1. The zero-order valence-corrected chi connectivity index (χ0v) is 11.9. The summed E-state index contributed by atoms with van der Waals surface area (Å²) in [5.41, 5.74) is 2.81. The first-order valence-electron chi connectivity index (χ1n) is 6.38. The van der Waals surface area contributed by atoms with Crippen molar-refractivity contribution in [3.8, 4) is 17.2 Å². The van der Waals surface area contributed by atoms with Crippen molar-refractivity contribution in [2.24, 2.45) is 0 Å². The van der Waals surface area contributed by atoms with Crippen LogP contribution in [0.3, 0.4) is 0 Å². The van der Waals surface area contributed by atoms with Gasteiger partial charge in [-0.15, -0.1) is 0 Å². The quantitative estimate of drug-likeness (QED) is 0.877. The van der Waals surface area contributed by atoms with E-state index in [4.69, 9.17) is 9.47 Å². The van der Waals surface area contributed by atoms with Crippen LogP contribution in [0.5, 0.6) is 17.2 Å². The summed E-state index contributed by atoms with van der Waals surface area (Å²) in [6.07, 6.45) is 0. The summed E-state index contributed by atoms with van der Waals surface area (Å²) in [6.45, 7) is 2.51. The topological polar surface area (TPSA) is 50.7 Å². The van der Waals surface area contributed by atoms with Crippen molar-refractivity contribution in [3.63, 3.8) is 0 Å². The maximum absolute atomic E-state index is 9.86. The molecular weight excluding hydrogens is 254 g/mol. The van der Waals surface area contributed by atoms with Crippen molar-refractivity contribution in [3.05, 3.63) is 47.5 Å². The van der Waals surface area contributed by atoms with Gasteiger partial charge in [-0.1, -0.05) is 6.07 Å². The van der Waals surface area contributed by atoms with Gasteiger partial charge in [-0.3, -0.25) is 0 Å². The minimum Gasteiger partial charge on any atom is -0.508 e. The molecule has 0 radical (unpaired) electrons. The summed E-state index contributed by atoms with van der Waals surface area (Å²) in [4.78, 5) is 0. The normalized spacial score (nSPS) is 10.2. The third-order valence-electron chi connectivity index (χ3n) is 3.11. The molecule has 0 aliphatic heterocycles. The van der Waals surface area contributed by atoms with E-state index in [9.17, 15) is 5.11 Å². The number of hydrogen-bond acceptors (Lipinski definition) is 4. The maximum Gasteiger partial charge on any atom is 0.141 e. The van der Waals surface area contributed by atoms with Crippen LogP contribution in [-0.4, -0.2) is 19.3 Å². The van der Waals surface area contributed by atoms with E-state index < -0.39 is 0 Å². The van der Waals surface area contributed by atoms with Gasteiger partial charge in [-0.25, -0.2) is 0 Å². The number of phenolic OH excluding ortho intramolecular Hbond substituents is 1. The van der Waals surface area contributed by atoms with Gasteiger partial charge in [-0.05, 0) is 42.8 Å². The molecule has 20 heavy (non-hydrogen) atoms. The molecule has 2 rings (SSSR count). The van der Waals surface area contributed by atoms with Crippen LogP contribution >= 0.6 is 0 Å². The summed E-state index contributed by atoms with van der Waals surface area (Å²) >= 11 is 0. The van der Waals surface area contributed by atoms with Gasteiger partial charge in [0.15, 0.2) is 0 Å². The van der Waals surface area contributed by atoms with Crippen LogP contribution in [0.25, 0.3) is 0 Å². The highest BCUT2D eigenvalue weighted by atomic mass is 16.5. The molecule has 0 amide bonds. The molecule has 0 fully saturated rings. The SMILES string of the molecule is COc1ccc(O)c(CNc2cc(C)ccc2OC)c1. The first-order valence-corrected chi connectivity index (χ1v) is 6.38. The van der Waals surface area contributed by atoms with E-state index in [1.54, 1.807) is 26.4 Å². The van der Waals surface area contributed by atoms with Crippen LogP contribution in [0.1, 0.15) is 11.1 Å². The summed E-state index contributed by atoms with van der Waals surface area (Å²) < 4.78 is 10.5. The fourth-order valence-electron chi connectivity index (χ4n) is 1.98. The van der Waals surface area contributed by atoms with E-state index in [0.29, 0.717) is 6.54 Å². The Morgan fingerprint density at radius 2 is 1.85 bits per heavy atom. The van der Waals surface area contributed by atoms with Crippen molar-refractivity contribution in [1.29, 1.82) is 0 Å². The molecule has 0 atom stereocenters. The van der Waals surface area contributed by atoms with Gasteiger partial charge in [0.25, 0.3) is 0 Å². The highest BCUT2D eigenvalue weighted by Crippen LogP contribution is 2.28. The highest BCUT2D eigenvalue weighted by Gasteiger charge is 2.06. The molecule has 0 saturated heterocycles. The number of rotatable bonds is 5. The smallest absolute Gasteiger partial charge is 0.141 e. The van der Waals surface area contributed by atoms with E-state index in [-0.39, 0.29) is 5.75 Å². The van der Waals surface area contributed by atoms with E-state index in [1.165, 1.54) is 0 Å². The fraction of sp³-hybridized carbons (Fsp3) is 0.250. The van der Waals surface area contributed by atoms with E-state index in [1.807, 2.05) is 31.2 Å². The third kappa shape index (κ3) is 3.15. The predicted octanol–water partition coefficient (Wildman–Crippen LogP) is 3.33. The molecule has 2 aromatic rings. The summed E-state index contributed by atoms with van der Waals surface area (Å²) in [6, 6.07) is 11.1. The molecule has 0 heterocycles. The van der Waals surface area contributed by atoms with Crippen molar-refractivity contribution in [2.45, 2.75) is 13.5 Å². The lowest BCUT2D eigenvalue weighted by Crippen LogP contribution is -2.02. The van der Waals surface area contributed by atoms with Gasteiger partial charge in [-0.2, -0.15) is 0 Å². The van der Waals surface area contributed by atoms with Crippen LogP contribution in [0.15, 0.2) is 36.4 Å². The fourth-order valence-corrected chi connectivity index (χ4v) is 1.98. The zero-order valence-electron chi connectivity index (χ0n) is 11.9. The minimum absolute atomic E-state index is 0.241. The Kier molecular flexibility index (Phi) is 4.35. The number of ether oxygens (including phenoxy) is 2. The van der Waals surface area contributed by atoms with E-state index in [2.05, 4.69) is 5.32 Å². The largest absolute Gasteiger partial charge is 0.508 e. The number of nitrogens with one attached hydrogen (secondary N) is 1. The molecule has 4 heteroatoms. The van der Waals surface area contributed by atoms with Crippen LogP contribution in [-0.2, 0) is 6.54 Å². The van der Waals surface area contributed by atoms with Crippen molar-refractivity contribution >= 4 is 5.69 Å². The molecule has 0 aliphatic rings.